The van der Waals surface area contributed by atoms with Crippen molar-refractivity contribution in [1.82, 2.24) is 15.3 Å². The number of nitrogens with two attached hydrogens (primary N) is 1. The number of anilines is 1. The molecular weight excluding hydrogens is 312 g/mol. The lowest BCUT2D eigenvalue weighted by molar-refractivity contribution is 0.278. The zero-order valence-electron chi connectivity index (χ0n) is 15.1. The standard InChI is InChI=1S/C20H26N4O/c1-13-16(15-6-4-5-7-17(15)23-13)10-20(2,3)22-11-18-14(12-25)8-9-19(21)24-18/h4-9,22-23,25H,10-12H2,1-3H3,(H2,21,24). The van der Waals surface area contributed by atoms with Gasteiger partial charge in [0.05, 0.1) is 12.3 Å². The zero-order chi connectivity index (χ0) is 18.0. The molecule has 5 N–H and O–H groups in total. The third kappa shape index (κ3) is 3.83. The molecule has 0 amide bonds. The fourth-order valence-electron chi connectivity index (χ4n) is 3.23. The van der Waals surface area contributed by atoms with Crippen LogP contribution < -0.4 is 11.1 Å². The van der Waals surface area contributed by atoms with E-state index in [1.807, 2.05) is 12.1 Å². The van der Waals surface area contributed by atoms with E-state index in [9.17, 15) is 5.11 Å². The van der Waals surface area contributed by atoms with Crippen molar-refractivity contribution >= 4 is 16.7 Å². The summed E-state index contributed by atoms with van der Waals surface area (Å²) in [7, 11) is 0. The number of fused-ring (bicyclic) bond motifs is 1. The van der Waals surface area contributed by atoms with Gasteiger partial charge in [0, 0.05) is 34.2 Å². The van der Waals surface area contributed by atoms with Crippen LogP contribution in [0.2, 0.25) is 0 Å². The predicted molar refractivity (Wildman–Crippen MR) is 102 cm³/mol. The van der Waals surface area contributed by atoms with E-state index in [1.165, 1.54) is 22.2 Å². The van der Waals surface area contributed by atoms with E-state index in [0.717, 1.165) is 17.7 Å². The monoisotopic (exact) mass is 338 g/mol. The number of nitrogen functional groups attached to an aromatic ring is 1. The maximum absolute atomic E-state index is 9.49. The van der Waals surface area contributed by atoms with Gasteiger partial charge in [0.15, 0.2) is 0 Å². The van der Waals surface area contributed by atoms with Crippen LogP contribution in [0.25, 0.3) is 10.9 Å². The van der Waals surface area contributed by atoms with Crippen LogP contribution in [0.15, 0.2) is 36.4 Å². The summed E-state index contributed by atoms with van der Waals surface area (Å²) >= 11 is 0. The molecule has 0 bridgehead atoms. The highest BCUT2D eigenvalue weighted by atomic mass is 16.3. The average Bonchev–Trinajstić information content (AvgIpc) is 2.89. The van der Waals surface area contributed by atoms with Gasteiger partial charge in [0.2, 0.25) is 0 Å². The van der Waals surface area contributed by atoms with E-state index in [-0.39, 0.29) is 12.1 Å². The van der Waals surface area contributed by atoms with Crippen molar-refractivity contribution in [3.63, 3.8) is 0 Å². The molecule has 0 spiro atoms. The Hall–Kier alpha value is -2.37. The van der Waals surface area contributed by atoms with Crippen LogP contribution in [0, 0.1) is 6.92 Å². The minimum atomic E-state index is -0.130. The number of nitrogens with one attached hydrogen (secondary N) is 2. The molecule has 0 atom stereocenters. The number of aryl methyl sites for hydroxylation is 1. The van der Waals surface area contributed by atoms with Crippen LogP contribution in [0.4, 0.5) is 5.82 Å². The first-order chi connectivity index (χ1) is 11.9. The van der Waals surface area contributed by atoms with Gasteiger partial charge in [-0.25, -0.2) is 4.98 Å². The van der Waals surface area contributed by atoms with Gasteiger partial charge in [0.1, 0.15) is 5.82 Å². The lowest BCUT2D eigenvalue weighted by Gasteiger charge is -2.27. The van der Waals surface area contributed by atoms with Crippen molar-refractivity contribution in [1.29, 1.82) is 0 Å². The smallest absolute Gasteiger partial charge is 0.123 e. The Morgan fingerprint density at radius 2 is 1.96 bits per heavy atom. The van der Waals surface area contributed by atoms with E-state index in [1.54, 1.807) is 6.07 Å². The summed E-state index contributed by atoms with van der Waals surface area (Å²) in [5, 5.41) is 14.3. The largest absolute Gasteiger partial charge is 0.392 e. The molecule has 0 saturated carbocycles. The molecule has 2 aromatic heterocycles. The van der Waals surface area contributed by atoms with Gasteiger partial charge >= 0.3 is 0 Å². The van der Waals surface area contributed by atoms with Crippen LogP contribution >= 0.6 is 0 Å². The molecule has 3 rings (SSSR count). The molecule has 1 aromatic carbocycles. The number of hydrogen-bond acceptors (Lipinski definition) is 4. The number of aliphatic hydroxyl groups is 1. The van der Waals surface area contributed by atoms with E-state index in [0.29, 0.717) is 12.4 Å². The van der Waals surface area contributed by atoms with Gasteiger partial charge in [-0.15, -0.1) is 0 Å². The number of hydrogen-bond donors (Lipinski definition) is 4. The molecule has 5 nitrogen and oxygen atoms in total. The highest BCUT2D eigenvalue weighted by molar-refractivity contribution is 5.84. The summed E-state index contributed by atoms with van der Waals surface area (Å²) in [5.41, 5.74) is 11.0. The fourth-order valence-corrected chi connectivity index (χ4v) is 3.23. The molecule has 0 aliphatic rings. The maximum atomic E-state index is 9.49. The number of aromatic amines is 1. The molecule has 0 aliphatic carbocycles. The van der Waals surface area contributed by atoms with Crippen molar-refractivity contribution < 1.29 is 5.11 Å². The first-order valence-electron chi connectivity index (χ1n) is 8.56. The molecule has 132 valence electrons. The minimum absolute atomic E-state index is 0.0354. The van der Waals surface area contributed by atoms with Gasteiger partial charge < -0.3 is 21.1 Å². The minimum Gasteiger partial charge on any atom is -0.392 e. The summed E-state index contributed by atoms with van der Waals surface area (Å²) in [6, 6.07) is 11.9. The normalized spacial score (nSPS) is 12.0. The molecule has 2 heterocycles. The first kappa shape index (κ1) is 17.5. The number of H-pyrrole nitrogens is 1. The molecule has 25 heavy (non-hydrogen) atoms. The van der Waals surface area contributed by atoms with E-state index < -0.39 is 0 Å². The van der Waals surface area contributed by atoms with Gasteiger partial charge in [-0.3, -0.25) is 0 Å². The maximum Gasteiger partial charge on any atom is 0.123 e. The summed E-state index contributed by atoms with van der Waals surface area (Å²) in [6.45, 7) is 7.01. The fraction of sp³-hybridized carbons (Fsp3) is 0.350. The van der Waals surface area contributed by atoms with Gasteiger partial charge in [-0.1, -0.05) is 24.3 Å². The Morgan fingerprint density at radius 1 is 1.20 bits per heavy atom. The lowest BCUT2D eigenvalue weighted by Crippen LogP contribution is -2.41. The topological polar surface area (TPSA) is 87.0 Å². The van der Waals surface area contributed by atoms with Crippen molar-refractivity contribution in [2.45, 2.75) is 45.9 Å². The van der Waals surface area contributed by atoms with E-state index in [4.69, 9.17) is 5.73 Å². The van der Waals surface area contributed by atoms with Crippen LogP contribution in [0.1, 0.15) is 36.4 Å². The number of rotatable bonds is 6. The highest BCUT2D eigenvalue weighted by Crippen LogP contribution is 2.26. The lowest BCUT2D eigenvalue weighted by atomic mass is 9.93. The third-order valence-electron chi connectivity index (χ3n) is 4.64. The SMILES string of the molecule is Cc1[nH]c2ccccc2c1CC(C)(C)NCc1nc(N)ccc1CO. The van der Waals surface area contributed by atoms with Gasteiger partial charge in [-0.05, 0) is 44.9 Å². The van der Waals surface area contributed by atoms with Crippen LogP contribution in [0.3, 0.4) is 0 Å². The number of aliphatic hydroxyl groups excluding tert-OH is 1. The highest BCUT2D eigenvalue weighted by Gasteiger charge is 2.22. The second-order valence-corrected chi connectivity index (χ2v) is 7.19. The number of benzene rings is 1. The summed E-state index contributed by atoms with van der Waals surface area (Å²) in [5.74, 6) is 0.472. The number of para-hydroxylation sites is 1. The van der Waals surface area contributed by atoms with Crippen LogP contribution in [-0.2, 0) is 19.6 Å². The Kier molecular flexibility index (Phi) is 4.79. The van der Waals surface area contributed by atoms with Crippen molar-refractivity contribution in [2.75, 3.05) is 5.73 Å². The van der Waals surface area contributed by atoms with E-state index >= 15 is 0 Å². The van der Waals surface area contributed by atoms with Crippen LogP contribution in [-0.4, -0.2) is 20.6 Å². The average molecular weight is 338 g/mol. The van der Waals surface area contributed by atoms with Crippen molar-refractivity contribution in [3.05, 3.63) is 58.9 Å². The Morgan fingerprint density at radius 3 is 2.72 bits per heavy atom. The molecule has 0 radical (unpaired) electrons. The Balaban J connectivity index is 1.78. The second kappa shape index (κ2) is 6.86. The number of nitrogens with zero attached hydrogens (tertiary/aromatic N) is 1. The van der Waals surface area contributed by atoms with E-state index in [2.05, 4.69) is 54.3 Å². The predicted octanol–water partition coefficient (Wildman–Crippen LogP) is 3.06. The Labute approximate surface area is 148 Å². The summed E-state index contributed by atoms with van der Waals surface area (Å²) in [4.78, 5) is 7.82. The Bertz CT molecular complexity index is 883. The third-order valence-corrected chi connectivity index (χ3v) is 4.64. The second-order valence-electron chi connectivity index (χ2n) is 7.19. The van der Waals surface area contributed by atoms with Gasteiger partial charge in [0.25, 0.3) is 0 Å². The first-order valence-corrected chi connectivity index (χ1v) is 8.56. The van der Waals surface area contributed by atoms with Gasteiger partial charge in [-0.2, -0.15) is 0 Å². The zero-order valence-corrected chi connectivity index (χ0v) is 15.1. The van der Waals surface area contributed by atoms with Crippen LogP contribution in [0.5, 0.6) is 0 Å². The van der Waals surface area contributed by atoms with Crippen molar-refractivity contribution in [3.8, 4) is 0 Å². The summed E-state index contributed by atoms with van der Waals surface area (Å²) in [6.07, 6.45) is 0.889. The summed E-state index contributed by atoms with van der Waals surface area (Å²) < 4.78 is 0. The molecule has 0 saturated heterocycles. The molecule has 0 aliphatic heterocycles. The molecule has 3 aromatic rings. The molecule has 0 fully saturated rings. The molecule has 5 heteroatoms. The molecular formula is C20H26N4O. The quantitative estimate of drug-likeness (QED) is 0.556. The molecule has 0 unspecified atom stereocenters. The van der Waals surface area contributed by atoms with Crippen molar-refractivity contribution in [2.24, 2.45) is 0 Å². The number of pyridine rings is 1. The number of aromatic nitrogens is 2.